The molecule has 21 heavy (non-hydrogen) atoms. The molecule has 0 bridgehead atoms. The largest absolute Gasteiger partial charge is 0.481 e. The van der Waals surface area contributed by atoms with Gasteiger partial charge in [0.1, 0.15) is 0 Å². The van der Waals surface area contributed by atoms with E-state index in [2.05, 4.69) is 0 Å². The smallest absolute Gasteiger partial charge is 0.305 e. The molecule has 0 saturated heterocycles. The van der Waals surface area contributed by atoms with Crippen LogP contribution in [0.1, 0.15) is 43.1 Å². The highest BCUT2D eigenvalue weighted by atomic mass is 32.2. The van der Waals surface area contributed by atoms with Gasteiger partial charge in [-0.25, -0.2) is 0 Å². The topological polar surface area (TPSA) is 57.6 Å². The molecule has 5 heteroatoms. The van der Waals surface area contributed by atoms with Gasteiger partial charge in [-0.1, -0.05) is 12.1 Å². The Morgan fingerprint density at radius 2 is 1.95 bits per heavy atom. The van der Waals surface area contributed by atoms with Crippen molar-refractivity contribution in [3.05, 3.63) is 35.4 Å². The normalized spacial score (nSPS) is 11.2. The van der Waals surface area contributed by atoms with Crippen molar-refractivity contribution < 1.29 is 14.7 Å². The first-order valence-corrected chi connectivity index (χ1v) is 8.26. The zero-order valence-electron chi connectivity index (χ0n) is 13.0. The number of hydrogen-bond acceptors (Lipinski definition) is 3. The van der Waals surface area contributed by atoms with Crippen LogP contribution in [0.3, 0.4) is 0 Å². The second-order valence-electron chi connectivity index (χ2n) is 5.90. The summed E-state index contributed by atoms with van der Waals surface area (Å²) < 4.78 is 0. The second kappa shape index (κ2) is 7.50. The maximum Gasteiger partial charge on any atom is 0.305 e. The number of rotatable bonds is 6. The Kier molecular flexibility index (Phi) is 6.27. The van der Waals surface area contributed by atoms with Crippen LogP contribution in [-0.2, 0) is 10.5 Å². The molecule has 0 atom stereocenters. The van der Waals surface area contributed by atoms with E-state index in [9.17, 15) is 9.59 Å². The lowest BCUT2D eigenvalue weighted by molar-refractivity contribution is -0.137. The van der Waals surface area contributed by atoms with Crippen LogP contribution < -0.4 is 0 Å². The van der Waals surface area contributed by atoms with Gasteiger partial charge in [0.25, 0.3) is 5.91 Å². The minimum atomic E-state index is -0.895. The maximum atomic E-state index is 12.7. The third-order valence-corrected chi connectivity index (χ3v) is 3.71. The highest BCUT2D eigenvalue weighted by Crippen LogP contribution is 2.19. The monoisotopic (exact) mass is 309 g/mol. The first-order chi connectivity index (χ1) is 9.75. The fourth-order valence-corrected chi connectivity index (χ4v) is 2.58. The molecule has 0 aromatic heterocycles. The number of carbonyl (C=O) groups excluding carboxylic acids is 1. The Balaban J connectivity index is 2.99. The Morgan fingerprint density at radius 3 is 2.48 bits per heavy atom. The molecular weight excluding hydrogens is 286 g/mol. The van der Waals surface area contributed by atoms with E-state index in [0.717, 1.165) is 11.3 Å². The van der Waals surface area contributed by atoms with Crippen LogP contribution in [0, 0.1) is 0 Å². The lowest BCUT2D eigenvalue weighted by Crippen LogP contribution is -2.46. The molecule has 0 unspecified atom stereocenters. The van der Waals surface area contributed by atoms with Gasteiger partial charge >= 0.3 is 5.97 Å². The zero-order chi connectivity index (χ0) is 16.0. The van der Waals surface area contributed by atoms with Crippen molar-refractivity contribution >= 4 is 23.6 Å². The molecule has 1 N–H and O–H groups in total. The van der Waals surface area contributed by atoms with E-state index >= 15 is 0 Å². The summed E-state index contributed by atoms with van der Waals surface area (Å²) in [7, 11) is 0. The van der Waals surface area contributed by atoms with Crippen LogP contribution in [0.15, 0.2) is 24.3 Å². The molecule has 0 saturated carbocycles. The molecule has 0 radical (unpaired) electrons. The quantitative estimate of drug-likeness (QED) is 0.876. The average Bonchev–Trinajstić information content (AvgIpc) is 2.37. The molecule has 1 amide bonds. The van der Waals surface area contributed by atoms with E-state index in [0.29, 0.717) is 5.56 Å². The number of benzene rings is 1. The number of carboxylic acids is 1. The average molecular weight is 309 g/mol. The SMILES string of the molecule is CSCc1cccc(C(=O)N(CCC(=O)O)C(C)(C)C)c1. The summed E-state index contributed by atoms with van der Waals surface area (Å²) in [5.41, 5.74) is 1.30. The zero-order valence-corrected chi connectivity index (χ0v) is 13.9. The number of thioether (sulfide) groups is 1. The molecule has 0 spiro atoms. The highest BCUT2D eigenvalue weighted by molar-refractivity contribution is 7.97. The van der Waals surface area contributed by atoms with E-state index < -0.39 is 11.5 Å². The van der Waals surface area contributed by atoms with Gasteiger partial charge < -0.3 is 10.0 Å². The van der Waals surface area contributed by atoms with Gasteiger partial charge in [0.05, 0.1) is 6.42 Å². The van der Waals surface area contributed by atoms with Crippen LogP contribution in [0.5, 0.6) is 0 Å². The predicted octanol–water partition coefficient (Wildman–Crippen LogP) is 3.27. The number of aliphatic carboxylic acids is 1. The molecular formula is C16H23NO3S. The summed E-state index contributed by atoms with van der Waals surface area (Å²) in [6.45, 7) is 5.96. The van der Waals surface area contributed by atoms with Crippen LogP contribution in [-0.4, -0.2) is 40.2 Å². The molecule has 0 fully saturated rings. The molecule has 0 aliphatic rings. The van der Waals surface area contributed by atoms with Crippen molar-refractivity contribution in [2.75, 3.05) is 12.8 Å². The van der Waals surface area contributed by atoms with Crippen LogP contribution in [0.25, 0.3) is 0 Å². The number of carbonyl (C=O) groups is 2. The molecule has 4 nitrogen and oxygen atoms in total. The third-order valence-electron chi connectivity index (χ3n) is 3.09. The van der Waals surface area contributed by atoms with Crippen LogP contribution in [0.2, 0.25) is 0 Å². The summed E-state index contributed by atoms with van der Waals surface area (Å²) in [5.74, 6) is -0.161. The van der Waals surface area contributed by atoms with E-state index in [1.807, 2.05) is 45.2 Å². The molecule has 0 heterocycles. The van der Waals surface area contributed by atoms with E-state index in [1.54, 1.807) is 22.7 Å². The minimum Gasteiger partial charge on any atom is -0.481 e. The van der Waals surface area contributed by atoms with E-state index in [4.69, 9.17) is 5.11 Å². The molecule has 1 aromatic rings. The summed E-state index contributed by atoms with van der Waals surface area (Å²) in [4.78, 5) is 25.1. The summed E-state index contributed by atoms with van der Waals surface area (Å²) in [6, 6.07) is 7.53. The fraction of sp³-hybridized carbons (Fsp3) is 0.500. The lowest BCUT2D eigenvalue weighted by atomic mass is 10.0. The van der Waals surface area contributed by atoms with Crippen LogP contribution >= 0.6 is 11.8 Å². The number of hydrogen-bond donors (Lipinski definition) is 1. The van der Waals surface area contributed by atoms with E-state index in [1.165, 1.54) is 0 Å². The van der Waals surface area contributed by atoms with Crippen molar-refractivity contribution in [3.8, 4) is 0 Å². The summed E-state index contributed by atoms with van der Waals surface area (Å²) >= 11 is 1.70. The van der Waals surface area contributed by atoms with Gasteiger partial charge in [0.15, 0.2) is 0 Å². The van der Waals surface area contributed by atoms with Gasteiger partial charge in [-0.05, 0) is 44.7 Å². The van der Waals surface area contributed by atoms with Crippen molar-refractivity contribution in [1.29, 1.82) is 0 Å². The highest BCUT2D eigenvalue weighted by Gasteiger charge is 2.27. The third kappa shape index (κ3) is 5.42. The van der Waals surface area contributed by atoms with Gasteiger partial charge in [0.2, 0.25) is 0 Å². The first-order valence-electron chi connectivity index (χ1n) is 6.87. The van der Waals surface area contributed by atoms with E-state index in [-0.39, 0.29) is 18.9 Å². The molecule has 1 rings (SSSR count). The standard InChI is InChI=1S/C16H23NO3S/c1-16(2,3)17(9-8-14(18)19)15(20)13-7-5-6-12(10-13)11-21-4/h5-7,10H,8-9,11H2,1-4H3,(H,18,19). The Hall–Kier alpha value is -1.49. The van der Waals surface area contributed by atoms with Crippen LogP contribution in [0.4, 0.5) is 0 Å². The number of carboxylic acid groups (broad SMARTS) is 1. The molecule has 1 aromatic carbocycles. The first kappa shape index (κ1) is 17.6. The number of nitrogens with zero attached hydrogens (tertiary/aromatic N) is 1. The molecule has 116 valence electrons. The van der Waals surface area contributed by atoms with Crippen molar-refractivity contribution in [3.63, 3.8) is 0 Å². The van der Waals surface area contributed by atoms with Gasteiger partial charge in [-0.15, -0.1) is 0 Å². The van der Waals surface area contributed by atoms with Gasteiger partial charge in [-0.3, -0.25) is 9.59 Å². The van der Waals surface area contributed by atoms with Crippen molar-refractivity contribution in [2.45, 2.75) is 38.5 Å². The summed E-state index contributed by atoms with van der Waals surface area (Å²) in [5, 5.41) is 8.85. The Bertz CT molecular complexity index is 508. The van der Waals surface area contributed by atoms with Crippen molar-refractivity contribution in [1.82, 2.24) is 4.90 Å². The fourth-order valence-electron chi connectivity index (χ4n) is 2.07. The lowest BCUT2D eigenvalue weighted by Gasteiger charge is -2.35. The predicted molar refractivity (Wildman–Crippen MR) is 86.7 cm³/mol. The molecule has 0 aliphatic heterocycles. The maximum absolute atomic E-state index is 12.7. The second-order valence-corrected chi connectivity index (χ2v) is 6.77. The minimum absolute atomic E-state index is 0.0481. The Labute approximate surface area is 130 Å². The van der Waals surface area contributed by atoms with Gasteiger partial charge in [-0.2, -0.15) is 11.8 Å². The van der Waals surface area contributed by atoms with Crippen molar-refractivity contribution in [2.24, 2.45) is 0 Å². The number of amides is 1. The molecule has 0 aliphatic carbocycles. The van der Waals surface area contributed by atoms with Gasteiger partial charge in [0, 0.05) is 23.4 Å². The summed E-state index contributed by atoms with van der Waals surface area (Å²) in [6.07, 6.45) is 1.97. The Morgan fingerprint density at radius 1 is 1.29 bits per heavy atom.